The molecule has 1 saturated carbocycles. The normalized spacial score (nSPS) is 18.1. The van der Waals surface area contributed by atoms with E-state index < -0.39 is 10.0 Å². The van der Waals surface area contributed by atoms with Crippen molar-refractivity contribution in [2.24, 2.45) is 0 Å². The molecule has 0 N–H and O–H groups in total. The average molecular weight is 298 g/mol. The van der Waals surface area contributed by atoms with Crippen molar-refractivity contribution in [3.63, 3.8) is 0 Å². The van der Waals surface area contributed by atoms with Crippen LogP contribution in [-0.2, 0) is 10.0 Å². The summed E-state index contributed by atoms with van der Waals surface area (Å²) in [6, 6.07) is 0.292. The maximum Gasteiger partial charge on any atom is 0.214 e. The Bertz CT molecular complexity index is 275. The molecule has 0 saturated heterocycles. The minimum atomic E-state index is -2.99. The van der Waals surface area contributed by atoms with Crippen LogP contribution < -0.4 is 0 Å². The highest BCUT2D eigenvalue weighted by atomic mass is 79.9. The lowest BCUT2D eigenvalue weighted by atomic mass is 9.93. The molecular formula is C10H20BrNO2S. The van der Waals surface area contributed by atoms with Gasteiger partial charge in [-0.2, -0.15) is 4.31 Å². The Balaban J connectivity index is 2.61. The minimum Gasteiger partial charge on any atom is -0.212 e. The van der Waals surface area contributed by atoms with Crippen LogP contribution in [-0.4, -0.2) is 36.4 Å². The molecule has 0 radical (unpaired) electrons. The molecule has 0 aromatic rings. The zero-order chi connectivity index (χ0) is 11.3. The Morgan fingerprint density at radius 3 is 2.47 bits per heavy atom. The maximum absolute atomic E-state index is 12.0. The van der Waals surface area contributed by atoms with E-state index in [2.05, 4.69) is 15.9 Å². The molecule has 0 heterocycles. The van der Waals surface area contributed by atoms with E-state index >= 15 is 0 Å². The van der Waals surface area contributed by atoms with Gasteiger partial charge in [-0.25, -0.2) is 8.42 Å². The van der Waals surface area contributed by atoms with Crippen LogP contribution in [0, 0.1) is 0 Å². The lowest BCUT2D eigenvalue weighted by Crippen LogP contribution is -2.45. The first-order valence-corrected chi connectivity index (χ1v) is 8.40. The molecule has 0 unspecified atom stereocenters. The quantitative estimate of drug-likeness (QED) is 0.677. The van der Waals surface area contributed by atoms with Gasteiger partial charge in [-0.15, -0.1) is 0 Å². The molecule has 0 spiro atoms. The Morgan fingerprint density at radius 1 is 1.40 bits per heavy atom. The van der Waals surface area contributed by atoms with Gasteiger partial charge < -0.3 is 0 Å². The zero-order valence-electron chi connectivity index (χ0n) is 9.28. The first kappa shape index (κ1) is 13.5. The predicted octanol–water partition coefficient (Wildman–Crippen LogP) is 2.37. The molecule has 1 rings (SSSR count). The van der Waals surface area contributed by atoms with Gasteiger partial charge in [0.25, 0.3) is 0 Å². The summed E-state index contributed by atoms with van der Waals surface area (Å²) in [5.74, 6) is 0.297. The number of rotatable bonds is 7. The van der Waals surface area contributed by atoms with Gasteiger partial charge in [0.1, 0.15) is 0 Å². The Labute approximate surface area is 101 Å². The van der Waals surface area contributed by atoms with E-state index in [4.69, 9.17) is 0 Å². The summed E-state index contributed by atoms with van der Waals surface area (Å²) in [6.07, 6.45) is 4.88. The number of halogens is 1. The number of sulfonamides is 1. The molecule has 1 aliphatic rings. The molecule has 0 aromatic heterocycles. The highest BCUT2D eigenvalue weighted by molar-refractivity contribution is 9.09. The standard InChI is InChI=1S/C10H20BrNO2S/c1-2-9-15(13,14)12(8-4-7-11)10-5-3-6-10/h10H,2-9H2,1H3. The fraction of sp³-hybridized carbons (Fsp3) is 1.00. The molecule has 90 valence electrons. The van der Waals surface area contributed by atoms with E-state index in [1.54, 1.807) is 4.31 Å². The Hall–Kier alpha value is 0.390. The highest BCUT2D eigenvalue weighted by Gasteiger charge is 2.32. The molecule has 1 fully saturated rings. The van der Waals surface area contributed by atoms with Crippen LogP contribution in [0.4, 0.5) is 0 Å². The van der Waals surface area contributed by atoms with E-state index in [-0.39, 0.29) is 0 Å². The number of hydrogen-bond donors (Lipinski definition) is 0. The molecule has 3 nitrogen and oxygen atoms in total. The van der Waals surface area contributed by atoms with E-state index in [1.807, 2.05) is 6.92 Å². The van der Waals surface area contributed by atoms with Gasteiger partial charge in [0.2, 0.25) is 10.0 Å². The molecule has 0 bridgehead atoms. The van der Waals surface area contributed by atoms with Crippen molar-refractivity contribution >= 4 is 26.0 Å². The fourth-order valence-electron chi connectivity index (χ4n) is 1.81. The van der Waals surface area contributed by atoms with Gasteiger partial charge >= 0.3 is 0 Å². The van der Waals surface area contributed by atoms with Crippen LogP contribution in [0.15, 0.2) is 0 Å². The summed E-state index contributed by atoms with van der Waals surface area (Å²) >= 11 is 3.35. The molecule has 5 heteroatoms. The van der Waals surface area contributed by atoms with Crippen molar-refractivity contribution in [1.29, 1.82) is 0 Å². The molecule has 0 atom stereocenters. The first-order chi connectivity index (χ1) is 7.11. The second-order valence-corrected chi connectivity index (χ2v) is 6.89. The summed E-state index contributed by atoms with van der Waals surface area (Å²) in [5, 5.41) is 0.873. The first-order valence-electron chi connectivity index (χ1n) is 5.67. The summed E-state index contributed by atoms with van der Waals surface area (Å²) < 4.78 is 25.7. The lowest BCUT2D eigenvalue weighted by molar-refractivity contribution is 0.220. The molecular weight excluding hydrogens is 278 g/mol. The van der Waals surface area contributed by atoms with Gasteiger partial charge in [-0.3, -0.25) is 0 Å². The van der Waals surface area contributed by atoms with Gasteiger partial charge in [0.15, 0.2) is 0 Å². The summed E-state index contributed by atoms with van der Waals surface area (Å²) in [6.45, 7) is 2.60. The van der Waals surface area contributed by atoms with Crippen LogP contribution in [0.5, 0.6) is 0 Å². The van der Waals surface area contributed by atoms with Crippen molar-refractivity contribution in [1.82, 2.24) is 4.31 Å². The van der Waals surface area contributed by atoms with Gasteiger partial charge in [-0.05, 0) is 25.7 Å². The van der Waals surface area contributed by atoms with Crippen molar-refractivity contribution in [2.75, 3.05) is 17.6 Å². The van der Waals surface area contributed by atoms with E-state index in [0.717, 1.165) is 24.6 Å². The topological polar surface area (TPSA) is 37.4 Å². The second kappa shape index (κ2) is 6.21. The SMILES string of the molecule is CCCS(=O)(=O)N(CCCBr)C1CCC1. The third-order valence-electron chi connectivity index (χ3n) is 2.81. The van der Waals surface area contributed by atoms with Crippen molar-refractivity contribution in [3.05, 3.63) is 0 Å². The van der Waals surface area contributed by atoms with Crippen LogP contribution in [0.1, 0.15) is 39.0 Å². The maximum atomic E-state index is 12.0. The van der Waals surface area contributed by atoms with E-state index in [9.17, 15) is 8.42 Å². The van der Waals surface area contributed by atoms with Crippen LogP contribution >= 0.6 is 15.9 Å². The van der Waals surface area contributed by atoms with Gasteiger partial charge in [0.05, 0.1) is 5.75 Å². The molecule has 0 amide bonds. The van der Waals surface area contributed by atoms with Crippen molar-refractivity contribution in [3.8, 4) is 0 Å². The number of hydrogen-bond acceptors (Lipinski definition) is 2. The monoisotopic (exact) mass is 297 g/mol. The number of nitrogens with zero attached hydrogens (tertiary/aromatic N) is 1. The number of alkyl halides is 1. The van der Waals surface area contributed by atoms with Gasteiger partial charge in [-0.1, -0.05) is 29.3 Å². The van der Waals surface area contributed by atoms with Gasteiger partial charge in [0, 0.05) is 17.9 Å². The zero-order valence-corrected chi connectivity index (χ0v) is 11.7. The van der Waals surface area contributed by atoms with E-state index in [1.165, 1.54) is 6.42 Å². The van der Waals surface area contributed by atoms with E-state index in [0.29, 0.717) is 24.8 Å². The highest BCUT2D eigenvalue weighted by Crippen LogP contribution is 2.27. The smallest absolute Gasteiger partial charge is 0.212 e. The molecule has 0 aromatic carbocycles. The van der Waals surface area contributed by atoms with Crippen LogP contribution in [0.25, 0.3) is 0 Å². The largest absolute Gasteiger partial charge is 0.214 e. The predicted molar refractivity (Wildman–Crippen MR) is 66.8 cm³/mol. The Morgan fingerprint density at radius 2 is 2.07 bits per heavy atom. The molecule has 0 aliphatic heterocycles. The third-order valence-corrected chi connectivity index (χ3v) is 5.49. The lowest BCUT2D eigenvalue weighted by Gasteiger charge is -2.36. The second-order valence-electron chi connectivity index (χ2n) is 4.05. The average Bonchev–Trinajstić information content (AvgIpc) is 2.08. The van der Waals surface area contributed by atoms with Crippen LogP contribution in [0.3, 0.4) is 0 Å². The fourth-order valence-corrected chi connectivity index (χ4v) is 3.89. The van der Waals surface area contributed by atoms with Crippen molar-refractivity contribution in [2.45, 2.75) is 45.1 Å². The summed E-state index contributed by atoms with van der Waals surface area (Å²) in [4.78, 5) is 0. The molecule has 1 aliphatic carbocycles. The summed E-state index contributed by atoms with van der Waals surface area (Å²) in [7, 11) is -2.99. The summed E-state index contributed by atoms with van der Waals surface area (Å²) in [5.41, 5.74) is 0. The third kappa shape index (κ3) is 3.71. The van der Waals surface area contributed by atoms with Crippen LogP contribution in [0.2, 0.25) is 0 Å². The molecule has 15 heavy (non-hydrogen) atoms. The Kier molecular flexibility index (Phi) is 5.57. The van der Waals surface area contributed by atoms with Crippen molar-refractivity contribution < 1.29 is 8.42 Å². The minimum absolute atomic E-state index is 0.292.